The van der Waals surface area contributed by atoms with Gasteiger partial charge < -0.3 is 4.74 Å². The zero-order valence-electron chi connectivity index (χ0n) is 19.9. The van der Waals surface area contributed by atoms with Gasteiger partial charge in [-0.2, -0.15) is 4.80 Å². The molecule has 1 aromatic heterocycles. The number of ether oxygens (including phenoxy) is 1. The van der Waals surface area contributed by atoms with E-state index in [1.54, 1.807) is 0 Å². The molecule has 6 rings (SSSR count). The van der Waals surface area contributed by atoms with Crippen LogP contribution in [0.2, 0.25) is 0 Å². The summed E-state index contributed by atoms with van der Waals surface area (Å²) < 4.78 is 6.98. The van der Waals surface area contributed by atoms with Crippen molar-refractivity contribution in [3.63, 3.8) is 0 Å². The maximum atomic E-state index is 13.4. The molecule has 6 nitrogen and oxygen atoms in total. The van der Waals surface area contributed by atoms with Gasteiger partial charge in [0.15, 0.2) is 11.6 Å². The molecule has 3 heterocycles. The van der Waals surface area contributed by atoms with Crippen LogP contribution < -0.4 is 0 Å². The van der Waals surface area contributed by atoms with E-state index in [4.69, 9.17) is 4.74 Å². The molecule has 2 bridgehead atoms. The van der Waals surface area contributed by atoms with Crippen molar-refractivity contribution < 1.29 is 9.53 Å². The van der Waals surface area contributed by atoms with Crippen LogP contribution in [0.3, 0.4) is 0 Å². The Balaban J connectivity index is 1.27. The first-order valence-corrected chi connectivity index (χ1v) is 13.6. The number of Topliss-reactive ketones (excluding diaryl/α,β-unsaturated/α-hetero) is 1. The number of ketones is 1. The van der Waals surface area contributed by atoms with Crippen LogP contribution in [0.15, 0.2) is 0 Å². The van der Waals surface area contributed by atoms with Crippen molar-refractivity contribution in [1.29, 1.82) is 0 Å². The van der Waals surface area contributed by atoms with E-state index < -0.39 is 0 Å². The van der Waals surface area contributed by atoms with Gasteiger partial charge in [0.1, 0.15) is 6.54 Å². The van der Waals surface area contributed by atoms with E-state index in [1.807, 2.05) is 6.92 Å². The minimum Gasteiger partial charge on any atom is -0.367 e. The molecular weight excluding hydrogens is 468 g/mol. The van der Waals surface area contributed by atoms with Gasteiger partial charge in [-0.25, -0.2) is 0 Å². The number of carbonyl (C=O) groups excluding carboxylic acids is 1. The van der Waals surface area contributed by atoms with Crippen molar-refractivity contribution in [3.05, 3.63) is 5.82 Å². The second-order valence-corrected chi connectivity index (χ2v) is 13.6. The third kappa shape index (κ3) is 2.73. The highest BCUT2D eigenvalue weighted by Gasteiger charge is 2.71. The summed E-state index contributed by atoms with van der Waals surface area (Å²) in [6.45, 7) is 9.39. The van der Waals surface area contributed by atoms with Crippen LogP contribution in [-0.4, -0.2) is 42.0 Å². The maximum absolute atomic E-state index is 13.4. The lowest BCUT2D eigenvalue weighted by Crippen LogP contribution is -2.67. The van der Waals surface area contributed by atoms with Gasteiger partial charge in [-0.1, -0.05) is 29.8 Å². The number of tetrazole rings is 1. The van der Waals surface area contributed by atoms with Gasteiger partial charge in [-0.3, -0.25) is 4.79 Å². The number of aromatic nitrogens is 4. The topological polar surface area (TPSA) is 69.9 Å². The van der Waals surface area contributed by atoms with Gasteiger partial charge in [-0.05, 0) is 100 Å². The third-order valence-electron chi connectivity index (χ3n) is 11.1. The SMILES string of the molecule is Cc1nnn(CC(=O)[C@H]2CC[C@H]3[C@@H]4C[C@@H](Br)[C@@]56CCC(C)(CC[C@]5(C)[C@H]4CC[C@]23C)O6)n1. The molecule has 176 valence electrons. The van der Waals surface area contributed by atoms with Crippen molar-refractivity contribution in [2.24, 2.45) is 34.5 Å². The molecule has 1 unspecified atom stereocenters. The summed E-state index contributed by atoms with van der Waals surface area (Å²) >= 11 is 4.18. The van der Waals surface area contributed by atoms with Gasteiger partial charge in [0.2, 0.25) is 0 Å². The summed E-state index contributed by atoms with van der Waals surface area (Å²) in [5, 5.41) is 12.2. The smallest absolute Gasteiger partial charge is 0.171 e. The zero-order chi connectivity index (χ0) is 22.5. The van der Waals surface area contributed by atoms with Crippen LogP contribution in [0.4, 0.5) is 0 Å². The summed E-state index contributed by atoms with van der Waals surface area (Å²) in [6.07, 6.45) is 10.7. The Labute approximate surface area is 199 Å². The summed E-state index contributed by atoms with van der Waals surface area (Å²) in [7, 11) is 0. The highest BCUT2D eigenvalue weighted by Crippen LogP contribution is 2.72. The zero-order valence-corrected chi connectivity index (χ0v) is 21.5. The predicted octanol–water partition coefficient (Wildman–Crippen LogP) is 4.88. The van der Waals surface area contributed by atoms with Crippen molar-refractivity contribution in [3.8, 4) is 0 Å². The normalized spacial score (nSPS) is 51.7. The van der Waals surface area contributed by atoms with Crippen LogP contribution in [0.25, 0.3) is 0 Å². The molecule has 3 saturated carbocycles. The number of halogens is 1. The van der Waals surface area contributed by atoms with Gasteiger partial charge in [0.25, 0.3) is 0 Å². The van der Waals surface area contributed by atoms with Crippen molar-refractivity contribution in [2.75, 3.05) is 0 Å². The van der Waals surface area contributed by atoms with Crippen LogP contribution in [0, 0.1) is 41.4 Å². The fraction of sp³-hybridized carbons (Fsp3) is 0.920. The molecule has 5 fully saturated rings. The van der Waals surface area contributed by atoms with Crippen LogP contribution in [0.5, 0.6) is 0 Å². The summed E-state index contributed by atoms with van der Waals surface area (Å²) in [5.74, 6) is 3.07. The molecular formula is C25H37BrN4O2. The largest absolute Gasteiger partial charge is 0.367 e. The van der Waals surface area contributed by atoms with Crippen molar-refractivity contribution >= 4 is 21.7 Å². The van der Waals surface area contributed by atoms with Crippen LogP contribution in [0.1, 0.15) is 84.4 Å². The number of rotatable bonds is 3. The van der Waals surface area contributed by atoms with E-state index in [9.17, 15) is 4.79 Å². The molecule has 7 heteroatoms. The van der Waals surface area contributed by atoms with E-state index in [0.29, 0.717) is 34.2 Å². The lowest BCUT2D eigenvalue weighted by atomic mass is 9.44. The molecule has 0 N–H and O–H groups in total. The first-order valence-electron chi connectivity index (χ1n) is 12.7. The number of nitrogens with zero attached hydrogens (tertiary/aromatic N) is 4. The lowest BCUT2D eigenvalue weighted by Gasteiger charge is -2.66. The van der Waals surface area contributed by atoms with E-state index in [-0.39, 0.29) is 34.5 Å². The number of hydrogen-bond donors (Lipinski definition) is 0. The number of hydrogen-bond acceptors (Lipinski definition) is 5. The predicted molar refractivity (Wildman–Crippen MR) is 124 cm³/mol. The highest BCUT2D eigenvalue weighted by molar-refractivity contribution is 9.09. The molecule has 32 heavy (non-hydrogen) atoms. The van der Waals surface area contributed by atoms with Gasteiger partial charge in [0.05, 0.1) is 11.2 Å². The summed E-state index contributed by atoms with van der Waals surface area (Å²) in [4.78, 5) is 15.3. The van der Waals surface area contributed by atoms with Crippen molar-refractivity contribution in [2.45, 2.75) is 108 Å². The first kappa shape index (κ1) is 21.7. The highest BCUT2D eigenvalue weighted by atomic mass is 79.9. The second kappa shape index (κ2) is 6.87. The lowest BCUT2D eigenvalue weighted by molar-refractivity contribution is -0.250. The molecule has 1 aromatic rings. The Morgan fingerprint density at radius 3 is 2.62 bits per heavy atom. The Bertz CT molecular complexity index is 952. The summed E-state index contributed by atoms with van der Waals surface area (Å²) in [5.41, 5.74) is 0.423. The first-order chi connectivity index (χ1) is 15.1. The fourth-order valence-electron chi connectivity index (χ4n) is 9.39. The van der Waals surface area contributed by atoms with Crippen molar-refractivity contribution in [1.82, 2.24) is 20.2 Å². The fourth-order valence-corrected chi connectivity index (χ4v) is 10.7. The minimum atomic E-state index is -0.000640. The van der Waals surface area contributed by atoms with E-state index in [2.05, 4.69) is 52.1 Å². The van der Waals surface area contributed by atoms with Gasteiger partial charge >= 0.3 is 0 Å². The molecule has 0 radical (unpaired) electrons. The molecule has 0 amide bonds. The number of carbonyl (C=O) groups is 1. The standard InChI is InChI=1S/C25H37BrN4O2/c1-15-27-29-30(28-15)14-20(31)19-6-5-17-16-13-21(26)25-12-10-22(2,32-25)9-11-24(25,4)18(16)7-8-23(17,19)3/h16-19,21H,5-14H2,1-4H3/t16-,17-,18-,19+,21+,22?,23-,24+,25-/m0/s1. The third-order valence-corrected chi connectivity index (χ3v) is 12.2. The average Bonchev–Trinajstić information content (AvgIpc) is 3.39. The molecule has 9 atom stereocenters. The molecule has 3 aliphatic carbocycles. The molecule has 5 aliphatic rings. The Kier molecular flexibility index (Phi) is 4.65. The minimum absolute atomic E-state index is 0.000640. The number of fused-ring (bicyclic) bond motifs is 5. The maximum Gasteiger partial charge on any atom is 0.171 e. The Hall–Kier alpha value is -0.820. The monoisotopic (exact) mass is 504 g/mol. The number of aryl methyl sites for hydroxylation is 1. The Morgan fingerprint density at radius 2 is 1.88 bits per heavy atom. The van der Waals surface area contributed by atoms with E-state index in [0.717, 1.165) is 12.8 Å². The quantitative estimate of drug-likeness (QED) is 0.548. The summed E-state index contributed by atoms with van der Waals surface area (Å²) in [6, 6.07) is 0. The molecule has 2 saturated heterocycles. The second-order valence-electron chi connectivity index (χ2n) is 12.4. The van der Waals surface area contributed by atoms with E-state index in [1.165, 1.54) is 49.7 Å². The van der Waals surface area contributed by atoms with Crippen LogP contribution in [-0.2, 0) is 16.1 Å². The average molecular weight is 506 g/mol. The molecule has 1 spiro atoms. The molecule has 0 aromatic carbocycles. The molecule has 2 aliphatic heterocycles. The van der Waals surface area contributed by atoms with E-state index >= 15 is 0 Å². The number of alkyl halides is 1. The van der Waals surface area contributed by atoms with Crippen LogP contribution >= 0.6 is 15.9 Å². The Morgan fingerprint density at radius 1 is 1.09 bits per heavy atom. The van der Waals surface area contributed by atoms with Gasteiger partial charge in [0, 0.05) is 16.2 Å². The van der Waals surface area contributed by atoms with Gasteiger partial charge in [-0.15, -0.1) is 10.2 Å².